The molecule has 0 unspecified atom stereocenters. The number of amides is 1. The monoisotopic (exact) mass is 128 g/mol. The number of hydrazine groups is 1. The van der Waals surface area contributed by atoms with Crippen molar-refractivity contribution in [1.29, 1.82) is 0 Å². The van der Waals surface area contributed by atoms with Gasteiger partial charge in [-0.15, -0.1) is 0 Å². The minimum absolute atomic E-state index is 0.143. The van der Waals surface area contributed by atoms with Gasteiger partial charge in [0.15, 0.2) is 0 Å². The molecule has 52 valence electrons. The highest BCUT2D eigenvalue weighted by atomic mass is 16.2. The molecule has 0 aromatic carbocycles. The van der Waals surface area contributed by atoms with Crippen molar-refractivity contribution in [2.24, 2.45) is 0 Å². The lowest BCUT2D eigenvalue weighted by Crippen LogP contribution is -2.33. The Kier molecular flexibility index (Phi) is 1.71. The van der Waals surface area contributed by atoms with Gasteiger partial charge in [-0.3, -0.25) is 10.2 Å². The van der Waals surface area contributed by atoms with E-state index in [4.69, 9.17) is 0 Å². The lowest BCUT2D eigenvalue weighted by Gasteiger charge is -2.14. The number of carbonyl (C=O) groups excluding carboxylic acids is 1. The number of hydrogen-bond donors (Lipinski definition) is 1. The average Bonchev–Trinajstić information content (AvgIpc) is 2.10. The van der Waals surface area contributed by atoms with Gasteiger partial charge in [0.2, 0.25) is 5.91 Å². The summed E-state index contributed by atoms with van der Waals surface area (Å²) in [6.07, 6.45) is 1.70. The van der Waals surface area contributed by atoms with E-state index in [1.165, 1.54) is 0 Å². The Balaban J connectivity index is 2.47. The number of carbonyl (C=O) groups is 1. The van der Waals surface area contributed by atoms with Crippen molar-refractivity contribution >= 4 is 5.91 Å². The molecule has 1 aliphatic rings. The van der Waals surface area contributed by atoms with Crippen LogP contribution < -0.4 is 5.43 Å². The van der Waals surface area contributed by atoms with Crippen LogP contribution in [0.3, 0.4) is 0 Å². The fourth-order valence-corrected chi connectivity index (χ4v) is 1.10. The summed E-state index contributed by atoms with van der Waals surface area (Å²) in [5, 5.41) is 1.88. The molecule has 1 heterocycles. The average molecular weight is 128 g/mol. The van der Waals surface area contributed by atoms with Crippen molar-refractivity contribution in [3.63, 3.8) is 0 Å². The molecule has 1 N–H and O–H groups in total. The van der Waals surface area contributed by atoms with Gasteiger partial charge in [-0.25, -0.2) is 5.01 Å². The molecule has 0 aliphatic carbocycles. The summed E-state index contributed by atoms with van der Waals surface area (Å²) in [7, 11) is 1.90. The van der Waals surface area contributed by atoms with Crippen molar-refractivity contribution in [2.75, 3.05) is 7.05 Å². The first kappa shape index (κ1) is 6.55. The standard InChI is InChI=1S/C6H12N2O/c1-3-5-4-6(9)7-8(5)2/h5H,3-4H2,1-2H3,(H,7,9)/t5-/m0/s1. The van der Waals surface area contributed by atoms with Gasteiger partial charge in [-0.2, -0.15) is 0 Å². The Labute approximate surface area is 55.0 Å². The normalized spacial score (nSPS) is 28.7. The molecule has 3 nitrogen and oxygen atoms in total. The van der Waals surface area contributed by atoms with Crippen LogP contribution >= 0.6 is 0 Å². The summed E-state index contributed by atoms with van der Waals surface area (Å²) in [5.74, 6) is 0.143. The third-order valence-corrected chi connectivity index (χ3v) is 1.74. The maximum absolute atomic E-state index is 10.7. The molecule has 0 radical (unpaired) electrons. The van der Waals surface area contributed by atoms with Gasteiger partial charge in [0.05, 0.1) is 0 Å². The minimum Gasteiger partial charge on any atom is -0.289 e. The summed E-state index contributed by atoms with van der Waals surface area (Å²) < 4.78 is 0. The van der Waals surface area contributed by atoms with Crippen molar-refractivity contribution < 1.29 is 4.79 Å². The topological polar surface area (TPSA) is 32.3 Å². The van der Waals surface area contributed by atoms with Gasteiger partial charge >= 0.3 is 0 Å². The van der Waals surface area contributed by atoms with E-state index in [-0.39, 0.29) is 5.91 Å². The van der Waals surface area contributed by atoms with Gasteiger partial charge in [-0.1, -0.05) is 6.92 Å². The second-order valence-electron chi connectivity index (χ2n) is 2.41. The van der Waals surface area contributed by atoms with Crippen molar-refractivity contribution in [3.05, 3.63) is 0 Å². The largest absolute Gasteiger partial charge is 0.289 e. The predicted molar refractivity (Wildman–Crippen MR) is 34.6 cm³/mol. The van der Waals surface area contributed by atoms with Crippen LogP contribution in [0.15, 0.2) is 0 Å². The van der Waals surface area contributed by atoms with Gasteiger partial charge in [0, 0.05) is 19.5 Å². The van der Waals surface area contributed by atoms with Crippen LogP contribution in [0.4, 0.5) is 0 Å². The van der Waals surface area contributed by atoms with Crippen LogP contribution in [0.1, 0.15) is 19.8 Å². The Hall–Kier alpha value is -0.570. The second-order valence-corrected chi connectivity index (χ2v) is 2.41. The smallest absolute Gasteiger partial charge is 0.235 e. The van der Waals surface area contributed by atoms with E-state index < -0.39 is 0 Å². The predicted octanol–water partition coefficient (Wildman–Crippen LogP) is 0.132. The summed E-state index contributed by atoms with van der Waals surface area (Å²) in [6.45, 7) is 2.08. The maximum Gasteiger partial charge on any atom is 0.235 e. The molecule has 0 aromatic rings. The van der Waals surface area contributed by atoms with E-state index in [2.05, 4.69) is 12.3 Å². The van der Waals surface area contributed by atoms with Gasteiger partial charge < -0.3 is 0 Å². The van der Waals surface area contributed by atoms with Crippen LogP contribution in [-0.4, -0.2) is 24.0 Å². The molecular weight excluding hydrogens is 116 g/mol. The fourth-order valence-electron chi connectivity index (χ4n) is 1.10. The lowest BCUT2D eigenvalue weighted by molar-refractivity contribution is -0.120. The van der Waals surface area contributed by atoms with Gasteiger partial charge in [0.1, 0.15) is 0 Å². The molecule has 1 atom stereocenters. The summed E-state index contributed by atoms with van der Waals surface area (Å²) in [6, 6.07) is 0.414. The number of nitrogens with zero attached hydrogens (tertiary/aromatic N) is 1. The molecule has 1 saturated heterocycles. The zero-order chi connectivity index (χ0) is 6.85. The lowest BCUT2D eigenvalue weighted by atomic mass is 10.2. The first-order chi connectivity index (χ1) is 4.24. The van der Waals surface area contributed by atoms with Crippen molar-refractivity contribution in [3.8, 4) is 0 Å². The van der Waals surface area contributed by atoms with E-state index in [1.807, 2.05) is 12.1 Å². The molecule has 1 fully saturated rings. The number of hydrogen-bond acceptors (Lipinski definition) is 2. The van der Waals surface area contributed by atoms with E-state index in [0.29, 0.717) is 12.5 Å². The van der Waals surface area contributed by atoms with Crippen LogP contribution in [-0.2, 0) is 4.79 Å². The number of nitrogens with one attached hydrogen (secondary N) is 1. The molecule has 0 bridgehead atoms. The highest BCUT2D eigenvalue weighted by molar-refractivity contribution is 5.77. The molecule has 0 spiro atoms. The first-order valence-electron chi connectivity index (χ1n) is 3.26. The third kappa shape index (κ3) is 1.21. The van der Waals surface area contributed by atoms with E-state index in [0.717, 1.165) is 6.42 Å². The van der Waals surface area contributed by atoms with Crippen LogP contribution in [0.25, 0.3) is 0 Å². The van der Waals surface area contributed by atoms with E-state index in [1.54, 1.807) is 0 Å². The van der Waals surface area contributed by atoms with Gasteiger partial charge in [-0.05, 0) is 6.42 Å². The molecule has 3 heteroatoms. The summed E-state index contributed by atoms with van der Waals surface area (Å²) in [4.78, 5) is 10.7. The summed E-state index contributed by atoms with van der Waals surface area (Å²) >= 11 is 0. The quantitative estimate of drug-likeness (QED) is 0.544. The highest BCUT2D eigenvalue weighted by Crippen LogP contribution is 2.09. The van der Waals surface area contributed by atoms with E-state index in [9.17, 15) is 4.79 Å². The third-order valence-electron chi connectivity index (χ3n) is 1.74. The number of rotatable bonds is 1. The van der Waals surface area contributed by atoms with Crippen molar-refractivity contribution in [1.82, 2.24) is 10.4 Å². The van der Waals surface area contributed by atoms with Crippen LogP contribution in [0.5, 0.6) is 0 Å². The van der Waals surface area contributed by atoms with Crippen LogP contribution in [0.2, 0.25) is 0 Å². The zero-order valence-corrected chi connectivity index (χ0v) is 5.85. The second kappa shape index (κ2) is 2.35. The Morgan fingerprint density at radius 2 is 2.56 bits per heavy atom. The van der Waals surface area contributed by atoms with Crippen molar-refractivity contribution in [2.45, 2.75) is 25.8 Å². The maximum atomic E-state index is 10.7. The van der Waals surface area contributed by atoms with Crippen LogP contribution in [0, 0.1) is 0 Å². The Morgan fingerprint density at radius 1 is 1.89 bits per heavy atom. The molecular formula is C6H12N2O. The first-order valence-corrected chi connectivity index (χ1v) is 3.26. The molecule has 0 aromatic heterocycles. The van der Waals surface area contributed by atoms with E-state index >= 15 is 0 Å². The molecule has 1 rings (SSSR count). The zero-order valence-electron chi connectivity index (χ0n) is 5.85. The molecule has 9 heavy (non-hydrogen) atoms. The minimum atomic E-state index is 0.143. The Bertz CT molecular complexity index is 124. The fraction of sp³-hybridized carbons (Fsp3) is 0.833. The summed E-state index contributed by atoms with van der Waals surface area (Å²) in [5.41, 5.74) is 2.71. The highest BCUT2D eigenvalue weighted by Gasteiger charge is 2.24. The molecule has 0 saturated carbocycles. The molecule has 1 aliphatic heterocycles. The SMILES string of the molecule is CC[C@H]1CC(=O)NN1C. The Morgan fingerprint density at radius 3 is 2.78 bits per heavy atom. The van der Waals surface area contributed by atoms with Gasteiger partial charge in [0.25, 0.3) is 0 Å². The molecule has 1 amide bonds.